The highest BCUT2D eigenvalue weighted by Gasteiger charge is 2.15. The Morgan fingerprint density at radius 1 is 1.39 bits per heavy atom. The van der Waals surface area contributed by atoms with Gasteiger partial charge in [-0.25, -0.2) is 5.84 Å². The van der Waals surface area contributed by atoms with Crippen LogP contribution in [-0.4, -0.2) is 23.4 Å². The lowest BCUT2D eigenvalue weighted by Gasteiger charge is -2.27. The van der Waals surface area contributed by atoms with Gasteiger partial charge >= 0.3 is 0 Å². The van der Waals surface area contributed by atoms with E-state index in [1.165, 1.54) is 0 Å². The average Bonchev–Trinajstić information content (AvgIpc) is 2.43. The van der Waals surface area contributed by atoms with E-state index in [0.717, 1.165) is 25.1 Å². The van der Waals surface area contributed by atoms with Gasteiger partial charge in [-0.15, -0.1) is 0 Å². The van der Waals surface area contributed by atoms with Crippen molar-refractivity contribution in [3.8, 4) is 0 Å². The number of nitrogens with one attached hydrogen (secondary N) is 1. The van der Waals surface area contributed by atoms with Gasteiger partial charge in [-0.3, -0.25) is 15.1 Å². The summed E-state index contributed by atoms with van der Waals surface area (Å²) in [5.74, 6) is 4.98. The van der Waals surface area contributed by atoms with Gasteiger partial charge in [-0.2, -0.15) is 0 Å². The van der Waals surface area contributed by atoms with Crippen molar-refractivity contribution in [2.45, 2.75) is 39.8 Å². The third-order valence-corrected chi connectivity index (χ3v) is 3.39. The summed E-state index contributed by atoms with van der Waals surface area (Å²) >= 11 is 0. The van der Waals surface area contributed by atoms with E-state index in [2.05, 4.69) is 31.1 Å². The van der Waals surface area contributed by atoms with Crippen molar-refractivity contribution in [1.29, 1.82) is 0 Å². The van der Waals surface area contributed by atoms with Crippen molar-refractivity contribution in [2.75, 3.05) is 6.54 Å². The highest BCUT2D eigenvalue weighted by atomic mass is 16.2. The fraction of sp³-hybridized carbons (Fsp3) is 0.500. The van der Waals surface area contributed by atoms with Gasteiger partial charge in [-0.1, -0.05) is 32.0 Å². The van der Waals surface area contributed by atoms with Gasteiger partial charge in [0, 0.05) is 18.2 Å². The molecule has 4 nitrogen and oxygen atoms in total. The van der Waals surface area contributed by atoms with Crippen LogP contribution in [0.2, 0.25) is 0 Å². The number of benzene rings is 1. The van der Waals surface area contributed by atoms with Crippen molar-refractivity contribution in [1.82, 2.24) is 10.3 Å². The van der Waals surface area contributed by atoms with Gasteiger partial charge in [0.15, 0.2) is 0 Å². The molecule has 1 amide bonds. The first-order valence-electron chi connectivity index (χ1n) is 6.46. The number of hydrogen-bond donors (Lipinski definition) is 2. The monoisotopic (exact) mass is 249 g/mol. The predicted octanol–water partition coefficient (Wildman–Crippen LogP) is 1.91. The minimum atomic E-state index is -0.231. The second kappa shape index (κ2) is 7.13. The summed E-state index contributed by atoms with van der Waals surface area (Å²) in [5.41, 5.74) is 3.87. The first-order valence-corrected chi connectivity index (χ1v) is 6.46. The summed E-state index contributed by atoms with van der Waals surface area (Å²) in [6.45, 7) is 8.25. The van der Waals surface area contributed by atoms with Crippen molar-refractivity contribution >= 4 is 5.91 Å². The Labute approximate surface area is 109 Å². The van der Waals surface area contributed by atoms with Crippen LogP contribution in [-0.2, 0) is 6.54 Å². The lowest BCUT2D eigenvalue weighted by atomic mass is 10.1. The van der Waals surface area contributed by atoms with Crippen molar-refractivity contribution in [3.63, 3.8) is 0 Å². The summed E-state index contributed by atoms with van der Waals surface area (Å²) < 4.78 is 0. The van der Waals surface area contributed by atoms with E-state index in [1.54, 1.807) is 0 Å². The molecule has 1 atom stereocenters. The average molecular weight is 249 g/mol. The normalized spacial score (nSPS) is 12.5. The van der Waals surface area contributed by atoms with Crippen LogP contribution in [0.5, 0.6) is 0 Å². The maximum atomic E-state index is 11.7. The van der Waals surface area contributed by atoms with Gasteiger partial charge in [0.1, 0.15) is 0 Å². The number of nitrogen functional groups attached to an aromatic ring is 1. The van der Waals surface area contributed by atoms with Crippen LogP contribution in [0.25, 0.3) is 0 Å². The zero-order valence-electron chi connectivity index (χ0n) is 11.4. The molecule has 0 aliphatic heterocycles. The number of hydrogen-bond acceptors (Lipinski definition) is 3. The number of carbonyl (C=O) groups excluding carboxylic acids is 1. The predicted molar refractivity (Wildman–Crippen MR) is 73.9 cm³/mol. The lowest BCUT2D eigenvalue weighted by molar-refractivity contribution is 0.0950. The van der Waals surface area contributed by atoms with Gasteiger partial charge in [0.2, 0.25) is 0 Å². The van der Waals surface area contributed by atoms with E-state index in [1.807, 2.05) is 24.3 Å². The number of nitrogens with zero attached hydrogens (tertiary/aromatic N) is 1. The van der Waals surface area contributed by atoms with Gasteiger partial charge in [0.05, 0.1) is 0 Å². The van der Waals surface area contributed by atoms with Crippen LogP contribution in [0.3, 0.4) is 0 Å². The summed E-state index contributed by atoms with van der Waals surface area (Å²) in [7, 11) is 0. The Morgan fingerprint density at radius 2 is 2.06 bits per heavy atom. The fourth-order valence-electron chi connectivity index (χ4n) is 2.01. The molecule has 0 spiro atoms. The lowest BCUT2D eigenvalue weighted by Crippen LogP contribution is -2.34. The van der Waals surface area contributed by atoms with E-state index >= 15 is 0 Å². The first-order chi connectivity index (χ1) is 8.63. The number of nitrogens with two attached hydrogens (primary N) is 1. The molecular weight excluding hydrogens is 226 g/mol. The summed E-state index contributed by atoms with van der Waals surface area (Å²) in [6.07, 6.45) is 1.10. The van der Waals surface area contributed by atoms with E-state index < -0.39 is 0 Å². The van der Waals surface area contributed by atoms with E-state index in [9.17, 15) is 4.79 Å². The maximum absolute atomic E-state index is 11.7. The number of hydrazine groups is 1. The Morgan fingerprint density at radius 3 is 2.61 bits per heavy atom. The van der Waals surface area contributed by atoms with Gasteiger partial charge in [-0.05, 0) is 31.5 Å². The van der Waals surface area contributed by atoms with E-state index in [4.69, 9.17) is 5.84 Å². The summed E-state index contributed by atoms with van der Waals surface area (Å²) in [4.78, 5) is 14.0. The highest BCUT2D eigenvalue weighted by molar-refractivity contribution is 5.95. The third kappa shape index (κ3) is 3.55. The summed E-state index contributed by atoms with van der Waals surface area (Å²) in [5, 5.41) is 0. The minimum Gasteiger partial charge on any atom is -0.297 e. The van der Waals surface area contributed by atoms with E-state index in [-0.39, 0.29) is 5.91 Å². The Bertz CT molecular complexity index is 392. The molecule has 0 saturated carbocycles. The number of rotatable bonds is 6. The molecule has 1 aromatic rings. The standard InChI is InChI=1S/C14H23N3O/c1-4-11(3)17(5-2)10-12-8-6-7-9-13(12)14(18)16-15/h6-9,11H,4-5,10,15H2,1-3H3,(H,16,18). The molecule has 1 rings (SSSR count). The van der Waals surface area contributed by atoms with Crippen LogP contribution >= 0.6 is 0 Å². The van der Waals surface area contributed by atoms with Crippen LogP contribution in [0.4, 0.5) is 0 Å². The molecule has 3 N–H and O–H groups in total. The SMILES string of the molecule is CCC(C)N(CC)Cc1ccccc1C(=O)NN. The second-order valence-corrected chi connectivity index (χ2v) is 4.45. The maximum Gasteiger partial charge on any atom is 0.265 e. The molecule has 1 unspecified atom stereocenters. The third-order valence-electron chi connectivity index (χ3n) is 3.39. The quantitative estimate of drug-likeness (QED) is 0.460. The first kappa shape index (κ1) is 14.7. The van der Waals surface area contributed by atoms with Crippen LogP contribution < -0.4 is 11.3 Å². The summed E-state index contributed by atoms with van der Waals surface area (Å²) in [6, 6.07) is 8.10. The Balaban J connectivity index is 2.92. The van der Waals surface area contributed by atoms with Crippen LogP contribution in [0, 0.1) is 0 Å². The molecule has 0 aromatic heterocycles. The molecule has 0 bridgehead atoms. The largest absolute Gasteiger partial charge is 0.297 e. The van der Waals surface area contributed by atoms with Crippen molar-refractivity contribution in [3.05, 3.63) is 35.4 Å². The number of carbonyl (C=O) groups is 1. The second-order valence-electron chi connectivity index (χ2n) is 4.45. The van der Waals surface area contributed by atoms with Crippen LogP contribution in [0.15, 0.2) is 24.3 Å². The molecule has 18 heavy (non-hydrogen) atoms. The smallest absolute Gasteiger partial charge is 0.265 e. The molecule has 1 aromatic carbocycles. The molecule has 4 heteroatoms. The molecule has 0 radical (unpaired) electrons. The van der Waals surface area contributed by atoms with Crippen molar-refractivity contribution < 1.29 is 4.79 Å². The molecular formula is C14H23N3O. The van der Waals surface area contributed by atoms with E-state index in [0.29, 0.717) is 11.6 Å². The van der Waals surface area contributed by atoms with Gasteiger partial charge in [0.25, 0.3) is 5.91 Å². The molecule has 0 aliphatic rings. The molecule has 0 aliphatic carbocycles. The Hall–Kier alpha value is -1.39. The highest BCUT2D eigenvalue weighted by Crippen LogP contribution is 2.14. The fourth-order valence-corrected chi connectivity index (χ4v) is 2.01. The molecule has 0 saturated heterocycles. The molecule has 0 fully saturated rings. The number of amides is 1. The topological polar surface area (TPSA) is 58.4 Å². The van der Waals surface area contributed by atoms with Gasteiger partial charge < -0.3 is 0 Å². The minimum absolute atomic E-state index is 0.231. The van der Waals surface area contributed by atoms with Crippen LogP contribution in [0.1, 0.15) is 43.1 Å². The van der Waals surface area contributed by atoms with Crippen molar-refractivity contribution in [2.24, 2.45) is 5.84 Å². The zero-order chi connectivity index (χ0) is 13.5. The zero-order valence-corrected chi connectivity index (χ0v) is 11.4. The molecule has 0 heterocycles. The molecule has 100 valence electrons. The Kier molecular flexibility index (Phi) is 5.82.